The van der Waals surface area contributed by atoms with Crippen LogP contribution in [0.2, 0.25) is 0 Å². The lowest BCUT2D eigenvalue weighted by molar-refractivity contribution is 0.667. The fraction of sp³-hybridized carbons (Fsp3) is 0.0727. The standard InChI is InChI=1S/C55H38N4O/c1-4-14-35(15-5-1)36-24-26-39(27-25-36)54-56-53(38-18-8-3-9-19-38)57-55(58-54)40-28-30-43-44-31-29-41(33-51(44)60-50(43)32-40)59-48-23-13-12-22-46(48)52-45-21-11-10-20-42(45)47(34-49(52)59)37-16-6-2-7-17-37/h1-12,14-22,24-34,49,52H,13,23H2. The van der Waals surface area contributed by atoms with E-state index in [1.54, 1.807) is 0 Å². The van der Waals surface area contributed by atoms with Crippen LogP contribution in [-0.2, 0) is 0 Å². The molecule has 9 aromatic rings. The third-order valence-electron chi connectivity index (χ3n) is 12.4. The van der Waals surface area contributed by atoms with E-state index in [1.165, 1.54) is 39.1 Å². The van der Waals surface area contributed by atoms with Gasteiger partial charge in [-0.1, -0.05) is 164 Å². The second kappa shape index (κ2) is 14.0. The van der Waals surface area contributed by atoms with Crippen molar-refractivity contribution in [1.29, 1.82) is 0 Å². The summed E-state index contributed by atoms with van der Waals surface area (Å²) in [5.41, 5.74) is 15.9. The highest BCUT2D eigenvalue weighted by molar-refractivity contribution is 6.07. The lowest BCUT2D eigenvalue weighted by Crippen LogP contribution is -2.34. The van der Waals surface area contributed by atoms with Gasteiger partial charge in [0.15, 0.2) is 17.5 Å². The number of benzene rings is 7. The molecule has 3 heterocycles. The van der Waals surface area contributed by atoms with Gasteiger partial charge >= 0.3 is 0 Å². The minimum absolute atomic E-state index is 0.141. The molecule has 60 heavy (non-hydrogen) atoms. The Morgan fingerprint density at radius 1 is 0.500 bits per heavy atom. The molecule has 0 saturated carbocycles. The topological polar surface area (TPSA) is 55.1 Å². The maximum absolute atomic E-state index is 6.78. The maximum atomic E-state index is 6.78. The molecule has 0 radical (unpaired) electrons. The van der Waals surface area contributed by atoms with Crippen LogP contribution in [0, 0.1) is 0 Å². The SMILES string of the molecule is C1=CC2=C(CC1)N(c1ccc3c(c1)oc1cc(-c4nc(-c5ccccc5)nc(-c5ccc(-c6ccccc6)cc5)n4)ccc13)C1C=C(c3ccccc3)c3ccccc3C21. The van der Waals surface area contributed by atoms with Gasteiger partial charge in [-0.15, -0.1) is 0 Å². The van der Waals surface area contributed by atoms with Crippen molar-refractivity contribution in [2.24, 2.45) is 0 Å². The monoisotopic (exact) mass is 770 g/mol. The minimum Gasteiger partial charge on any atom is -0.456 e. The quantitative estimate of drug-likeness (QED) is 0.169. The zero-order valence-corrected chi connectivity index (χ0v) is 32.7. The molecule has 284 valence electrons. The van der Waals surface area contributed by atoms with E-state index < -0.39 is 0 Å². The number of nitrogens with zero attached hydrogens (tertiary/aromatic N) is 4. The molecule has 2 aliphatic carbocycles. The van der Waals surface area contributed by atoms with Gasteiger partial charge in [-0.25, -0.2) is 15.0 Å². The van der Waals surface area contributed by atoms with Crippen LogP contribution < -0.4 is 4.90 Å². The predicted molar refractivity (Wildman–Crippen MR) is 243 cm³/mol. The van der Waals surface area contributed by atoms with Crippen molar-refractivity contribution in [3.63, 3.8) is 0 Å². The number of furan rings is 1. The molecule has 0 N–H and O–H groups in total. The third-order valence-corrected chi connectivity index (χ3v) is 12.4. The van der Waals surface area contributed by atoms with Crippen LogP contribution in [0.1, 0.15) is 35.4 Å². The Kier molecular flexibility index (Phi) is 8.05. The van der Waals surface area contributed by atoms with E-state index in [9.17, 15) is 0 Å². The molecular formula is C55H38N4O. The minimum atomic E-state index is 0.141. The predicted octanol–water partition coefficient (Wildman–Crippen LogP) is 13.5. The second-order valence-corrected chi connectivity index (χ2v) is 15.8. The first-order valence-corrected chi connectivity index (χ1v) is 20.7. The van der Waals surface area contributed by atoms with Crippen LogP contribution >= 0.6 is 0 Å². The van der Waals surface area contributed by atoms with Crippen LogP contribution in [-0.4, -0.2) is 21.0 Å². The van der Waals surface area contributed by atoms with Gasteiger partial charge in [-0.2, -0.15) is 0 Å². The van der Waals surface area contributed by atoms with E-state index >= 15 is 0 Å². The van der Waals surface area contributed by atoms with Gasteiger partial charge in [0.05, 0.1) is 6.04 Å². The summed E-state index contributed by atoms with van der Waals surface area (Å²) in [6.45, 7) is 0. The maximum Gasteiger partial charge on any atom is 0.164 e. The average molecular weight is 771 g/mol. The number of hydrogen-bond acceptors (Lipinski definition) is 5. The third kappa shape index (κ3) is 5.73. The molecule has 1 aliphatic heterocycles. The van der Waals surface area contributed by atoms with Gasteiger partial charge in [-0.05, 0) is 76.1 Å². The summed E-state index contributed by atoms with van der Waals surface area (Å²) in [6.07, 6.45) is 9.27. The van der Waals surface area contributed by atoms with E-state index in [0.29, 0.717) is 17.5 Å². The summed E-state index contributed by atoms with van der Waals surface area (Å²) < 4.78 is 6.78. The van der Waals surface area contributed by atoms with Crippen molar-refractivity contribution in [1.82, 2.24) is 15.0 Å². The molecule has 3 aliphatic rings. The Hall–Kier alpha value is -7.63. The van der Waals surface area contributed by atoms with Crippen molar-refractivity contribution in [3.05, 3.63) is 222 Å². The number of anilines is 1. The summed E-state index contributed by atoms with van der Waals surface area (Å²) in [4.78, 5) is 17.7. The van der Waals surface area contributed by atoms with Crippen molar-refractivity contribution in [2.45, 2.75) is 24.8 Å². The van der Waals surface area contributed by atoms with Crippen LogP contribution in [0.3, 0.4) is 0 Å². The highest BCUT2D eigenvalue weighted by Crippen LogP contribution is 2.53. The molecule has 0 fully saturated rings. The first-order valence-electron chi connectivity index (χ1n) is 20.7. The first-order chi connectivity index (χ1) is 29.7. The Labute approximate surface area is 348 Å². The highest BCUT2D eigenvalue weighted by atomic mass is 16.3. The van der Waals surface area contributed by atoms with Gasteiger partial charge in [0.2, 0.25) is 0 Å². The van der Waals surface area contributed by atoms with Crippen molar-refractivity contribution in [2.75, 3.05) is 4.90 Å². The Bertz CT molecular complexity index is 3200. The summed E-state index contributed by atoms with van der Waals surface area (Å²) in [5.74, 6) is 2.10. The average Bonchev–Trinajstić information content (AvgIpc) is 3.87. The highest BCUT2D eigenvalue weighted by Gasteiger charge is 2.44. The molecule has 0 spiro atoms. The molecule has 7 aromatic carbocycles. The van der Waals surface area contributed by atoms with Gasteiger partial charge in [0.25, 0.3) is 0 Å². The lowest BCUT2D eigenvalue weighted by atomic mass is 9.75. The molecule has 0 bridgehead atoms. The summed E-state index contributed by atoms with van der Waals surface area (Å²) in [7, 11) is 0. The van der Waals surface area contributed by atoms with Gasteiger partial charge < -0.3 is 9.32 Å². The number of fused-ring (bicyclic) bond motifs is 7. The normalized spacial score (nSPS) is 16.8. The number of hydrogen-bond donors (Lipinski definition) is 0. The van der Waals surface area contributed by atoms with E-state index in [1.807, 2.05) is 36.4 Å². The second-order valence-electron chi connectivity index (χ2n) is 15.8. The van der Waals surface area contributed by atoms with E-state index in [4.69, 9.17) is 19.4 Å². The van der Waals surface area contributed by atoms with Crippen LogP contribution in [0.4, 0.5) is 5.69 Å². The molecule has 2 aromatic heterocycles. The Morgan fingerprint density at radius 3 is 1.78 bits per heavy atom. The molecule has 12 rings (SSSR count). The Morgan fingerprint density at radius 2 is 1.05 bits per heavy atom. The van der Waals surface area contributed by atoms with E-state index in [0.717, 1.165) is 62.7 Å². The van der Waals surface area contributed by atoms with Crippen molar-refractivity contribution >= 4 is 33.2 Å². The van der Waals surface area contributed by atoms with Gasteiger partial charge in [0, 0.05) is 50.8 Å². The molecule has 2 atom stereocenters. The number of aromatic nitrogens is 3. The van der Waals surface area contributed by atoms with Crippen LogP contribution in [0.25, 0.3) is 72.8 Å². The molecule has 5 nitrogen and oxygen atoms in total. The van der Waals surface area contributed by atoms with Crippen molar-refractivity contribution < 1.29 is 4.42 Å². The van der Waals surface area contributed by atoms with Gasteiger partial charge in [-0.3, -0.25) is 0 Å². The van der Waals surface area contributed by atoms with Crippen LogP contribution in [0.5, 0.6) is 0 Å². The fourth-order valence-corrected chi connectivity index (χ4v) is 9.57. The van der Waals surface area contributed by atoms with E-state index in [2.05, 4.69) is 163 Å². The Balaban J connectivity index is 0.944. The zero-order valence-electron chi connectivity index (χ0n) is 32.7. The molecule has 2 unspecified atom stereocenters. The van der Waals surface area contributed by atoms with Gasteiger partial charge in [0.1, 0.15) is 11.2 Å². The molecule has 0 amide bonds. The summed E-state index contributed by atoms with van der Waals surface area (Å²) >= 11 is 0. The smallest absolute Gasteiger partial charge is 0.164 e. The summed E-state index contributed by atoms with van der Waals surface area (Å²) in [6, 6.07) is 62.0. The zero-order chi connectivity index (χ0) is 39.6. The number of allylic oxidation sites excluding steroid dienone is 3. The molecule has 5 heteroatoms. The number of rotatable bonds is 6. The lowest BCUT2D eigenvalue weighted by Gasteiger charge is -2.35. The van der Waals surface area contributed by atoms with E-state index in [-0.39, 0.29) is 12.0 Å². The fourth-order valence-electron chi connectivity index (χ4n) is 9.57. The van der Waals surface area contributed by atoms with Crippen molar-refractivity contribution in [3.8, 4) is 45.3 Å². The van der Waals surface area contributed by atoms with Crippen LogP contribution in [0.15, 0.2) is 210 Å². The summed E-state index contributed by atoms with van der Waals surface area (Å²) in [5, 5.41) is 2.15. The largest absolute Gasteiger partial charge is 0.456 e. The molecule has 0 saturated heterocycles. The first kappa shape index (κ1) is 34.4. The molecular weight excluding hydrogens is 733 g/mol.